The summed E-state index contributed by atoms with van der Waals surface area (Å²) in [5.74, 6) is -0.908. The van der Waals surface area contributed by atoms with Crippen LogP contribution in [0.5, 0.6) is 0 Å². The summed E-state index contributed by atoms with van der Waals surface area (Å²) in [7, 11) is 0. The molecule has 0 radical (unpaired) electrons. The lowest BCUT2D eigenvalue weighted by molar-refractivity contribution is -0.143. The molecule has 17 heavy (non-hydrogen) atoms. The molecular weight excluding hydrogens is 236 g/mol. The van der Waals surface area contributed by atoms with Crippen molar-refractivity contribution in [2.75, 3.05) is 0 Å². The van der Waals surface area contributed by atoms with Gasteiger partial charge in [0.2, 0.25) is 0 Å². The van der Waals surface area contributed by atoms with E-state index in [4.69, 9.17) is 11.6 Å². The second kappa shape index (κ2) is 6.65. The highest BCUT2D eigenvalue weighted by atomic mass is 35.5. The first kappa shape index (κ1) is 14.0. The monoisotopic (exact) mass is 254 g/mol. The van der Waals surface area contributed by atoms with Gasteiger partial charge in [0.15, 0.2) is 0 Å². The largest absolute Gasteiger partial charge is 0.481 e. The molecule has 2 nitrogen and oxygen atoms in total. The smallest absolute Gasteiger partial charge is 0.307 e. The maximum Gasteiger partial charge on any atom is 0.307 e. The minimum absolute atomic E-state index is 0.175. The molecule has 0 amide bonds. The van der Waals surface area contributed by atoms with E-state index in [2.05, 4.69) is 6.92 Å². The van der Waals surface area contributed by atoms with Gasteiger partial charge in [0.1, 0.15) is 0 Å². The molecule has 0 spiro atoms. The van der Waals surface area contributed by atoms with Gasteiger partial charge >= 0.3 is 5.97 Å². The van der Waals surface area contributed by atoms with Crippen molar-refractivity contribution in [3.05, 3.63) is 34.9 Å². The minimum Gasteiger partial charge on any atom is -0.481 e. The highest BCUT2D eigenvalue weighted by Gasteiger charge is 2.24. The Bertz CT molecular complexity index is 376. The lowest BCUT2D eigenvalue weighted by Gasteiger charge is -2.20. The second-order valence-electron chi connectivity index (χ2n) is 4.51. The van der Waals surface area contributed by atoms with Crippen molar-refractivity contribution in [2.45, 2.75) is 33.1 Å². The molecule has 2 unspecified atom stereocenters. The molecule has 0 saturated carbocycles. The lowest BCUT2D eigenvalue weighted by atomic mass is 9.85. The maximum atomic E-state index is 11.3. The van der Waals surface area contributed by atoms with Crippen LogP contribution in [-0.4, -0.2) is 11.1 Å². The fraction of sp³-hybridized carbons (Fsp3) is 0.500. The number of hydrogen-bond acceptors (Lipinski definition) is 1. The van der Waals surface area contributed by atoms with Crippen LogP contribution in [0, 0.1) is 11.8 Å². The Morgan fingerprint density at radius 3 is 2.59 bits per heavy atom. The predicted octanol–water partition coefficient (Wildman–Crippen LogP) is 4.02. The van der Waals surface area contributed by atoms with Crippen molar-refractivity contribution in [3.63, 3.8) is 0 Å². The Balaban J connectivity index is 2.80. The third-order valence-corrected chi connectivity index (χ3v) is 3.51. The van der Waals surface area contributed by atoms with Crippen LogP contribution in [-0.2, 0) is 11.2 Å². The maximum absolute atomic E-state index is 11.3. The van der Waals surface area contributed by atoms with Crippen LogP contribution in [0.1, 0.15) is 32.3 Å². The van der Waals surface area contributed by atoms with Gasteiger partial charge in [-0.25, -0.2) is 0 Å². The third-order valence-electron chi connectivity index (χ3n) is 3.15. The molecule has 0 aromatic heterocycles. The highest BCUT2D eigenvalue weighted by Crippen LogP contribution is 2.25. The number of carboxylic acid groups (broad SMARTS) is 1. The lowest BCUT2D eigenvalue weighted by Crippen LogP contribution is -2.24. The first-order valence-electron chi connectivity index (χ1n) is 6.02. The second-order valence-corrected chi connectivity index (χ2v) is 4.91. The normalized spacial score (nSPS) is 14.3. The Kier molecular flexibility index (Phi) is 5.49. The molecular formula is C14H19ClO2. The Hall–Kier alpha value is -1.02. The van der Waals surface area contributed by atoms with Crippen LogP contribution in [0.2, 0.25) is 5.02 Å². The van der Waals surface area contributed by atoms with Crippen molar-refractivity contribution in [1.82, 2.24) is 0 Å². The van der Waals surface area contributed by atoms with E-state index in [0.717, 1.165) is 18.4 Å². The van der Waals surface area contributed by atoms with Crippen molar-refractivity contribution >= 4 is 17.6 Å². The van der Waals surface area contributed by atoms with E-state index >= 15 is 0 Å². The molecule has 94 valence electrons. The fourth-order valence-corrected chi connectivity index (χ4v) is 2.30. The van der Waals surface area contributed by atoms with Gasteiger partial charge in [-0.15, -0.1) is 0 Å². The van der Waals surface area contributed by atoms with Gasteiger partial charge < -0.3 is 5.11 Å². The molecule has 0 aliphatic rings. The number of rotatable bonds is 6. The Morgan fingerprint density at radius 1 is 1.41 bits per heavy atom. The molecule has 1 rings (SSSR count). The van der Waals surface area contributed by atoms with Crippen LogP contribution in [0.3, 0.4) is 0 Å². The van der Waals surface area contributed by atoms with E-state index < -0.39 is 5.97 Å². The molecule has 2 atom stereocenters. The van der Waals surface area contributed by atoms with Gasteiger partial charge in [-0.1, -0.05) is 56.5 Å². The average molecular weight is 255 g/mol. The molecule has 0 aliphatic heterocycles. The van der Waals surface area contributed by atoms with Gasteiger partial charge in [-0.2, -0.15) is 0 Å². The van der Waals surface area contributed by atoms with E-state index in [0.29, 0.717) is 11.4 Å². The summed E-state index contributed by atoms with van der Waals surface area (Å²) in [6, 6.07) is 7.46. The fourth-order valence-electron chi connectivity index (χ4n) is 2.09. The topological polar surface area (TPSA) is 37.3 Å². The number of benzene rings is 1. The Morgan fingerprint density at radius 2 is 2.06 bits per heavy atom. The molecule has 1 aromatic rings. The molecule has 0 aliphatic carbocycles. The summed E-state index contributed by atoms with van der Waals surface area (Å²) >= 11 is 6.06. The molecule has 0 saturated heterocycles. The Labute approximate surface area is 108 Å². The summed E-state index contributed by atoms with van der Waals surface area (Å²) in [5.41, 5.74) is 0.921. The molecule has 1 N–H and O–H groups in total. The first-order valence-corrected chi connectivity index (χ1v) is 6.40. The van der Waals surface area contributed by atoms with Crippen molar-refractivity contribution in [1.29, 1.82) is 0 Å². The van der Waals surface area contributed by atoms with Gasteiger partial charge in [-0.3, -0.25) is 4.79 Å². The van der Waals surface area contributed by atoms with Gasteiger partial charge in [0, 0.05) is 5.02 Å². The van der Waals surface area contributed by atoms with Gasteiger partial charge in [0.25, 0.3) is 0 Å². The van der Waals surface area contributed by atoms with Crippen molar-refractivity contribution in [3.8, 4) is 0 Å². The van der Waals surface area contributed by atoms with E-state index in [1.807, 2.05) is 25.1 Å². The van der Waals surface area contributed by atoms with Crippen LogP contribution < -0.4 is 0 Å². The molecule has 0 bridgehead atoms. The minimum atomic E-state index is -0.731. The number of aliphatic carboxylic acids is 1. The van der Waals surface area contributed by atoms with Crippen LogP contribution >= 0.6 is 11.6 Å². The molecule has 1 aromatic carbocycles. The zero-order valence-electron chi connectivity index (χ0n) is 10.3. The summed E-state index contributed by atoms with van der Waals surface area (Å²) in [6.07, 6.45) is 2.45. The standard InChI is InChI=1S/C14H19ClO2/c1-3-6-10(2)12(14(16)17)9-11-7-4-5-8-13(11)15/h4-5,7-8,10,12H,3,6,9H2,1-2H3,(H,16,17). The van der Waals surface area contributed by atoms with Crippen molar-refractivity contribution < 1.29 is 9.90 Å². The molecule has 0 fully saturated rings. The average Bonchev–Trinajstić information content (AvgIpc) is 2.27. The summed E-state index contributed by atoms with van der Waals surface area (Å²) in [4.78, 5) is 11.3. The number of carboxylic acids is 1. The van der Waals surface area contributed by atoms with E-state index in [1.54, 1.807) is 6.07 Å². The van der Waals surface area contributed by atoms with Gasteiger partial charge in [-0.05, 0) is 24.0 Å². The summed E-state index contributed by atoms with van der Waals surface area (Å²) in [5, 5.41) is 9.93. The predicted molar refractivity (Wildman–Crippen MR) is 70.4 cm³/mol. The van der Waals surface area contributed by atoms with Crippen LogP contribution in [0.25, 0.3) is 0 Å². The van der Waals surface area contributed by atoms with Gasteiger partial charge in [0.05, 0.1) is 5.92 Å². The number of halogens is 1. The summed E-state index contributed by atoms with van der Waals surface area (Å²) in [6.45, 7) is 4.07. The first-order chi connectivity index (χ1) is 8.06. The van der Waals surface area contributed by atoms with Crippen molar-refractivity contribution in [2.24, 2.45) is 11.8 Å². The highest BCUT2D eigenvalue weighted by molar-refractivity contribution is 6.31. The van der Waals surface area contributed by atoms with E-state index in [9.17, 15) is 9.90 Å². The van der Waals surface area contributed by atoms with Crippen LogP contribution in [0.4, 0.5) is 0 Å². The zero-order valence-corrected chi connectivity index (χ0v) is 11.1. The van der Waals surface area contributed by atoms with E-state index in [-0.39, 0.29) is 11.8 Å². The third kappa shape index (κ3) is 4.04. The quantitative estimate of drug-likeness (QED) is 0.833. The van der Waals surface area contributed by atoms with Crippen LogP contribution in [0.15, 0.2) is 24.3 Å². The zero-order chi connectivity index (χ0) is 12.8. The number of hydrogen-bond donors (Lipinski definition) is 1. The number of carbonyl (C=O) groups is 1. The molecule has 3 heteroatoms. The SMILES string of the molecule is CCCC(C)C(Cc1ccccc1Cl)C(=O)O. The molecule has 0 heterocycles. The summed E-state index contributed by atoms with van der Waals surface area (Å²) < 4.78 is 0. The van der Waals surface area contributed by atoms with E-state index in [1.165, 1.54) is 0 Å².